The van der Waals surface area contributed by atoms with Gasteiger partial charge in [-0.25, -0.2) is 4.79 Å². The molecule has 0 spiro atoms. The van der Waals surface area contributed by atoms with Crippen LogP contribution in [0.25, 0.3) is 0 Å². The highest BCUT2D eigenvalue weighted by atomic mass is 32.2. The van der Waals surface area contributed by atoms with E-state index in [1.165, 1.54) is 0 Å². The Kier molecular flexibility index (Phi) is 8.12. The predicted molar refractivity (Wildman–Crippen MR) is 91.0 cm³/mol. The van der Waals surface area contributed by atoms with E-state index in [0.29, 0.717) is 19.6 Å². The van der Waals surface area contributed by atoms with Gasteiger partial charge in [0.2, 0.25) is 0 Å². The van der Waals surface area contributed by atoms with Gasteiger partial charge in [0.1, 0.15) is 17.1 Å². The first-order valence-corrected chi connectivity index (χ1v) is 8.69. The molecule has 0 radical (unpaired) electrons. The molecule has 0 saturated carbocycles. The van der Waals surface area contributed by atoms with Gasteiger partial charge in [-0.05, 0) is 39.2 Å². The van der Waals surface area contributed by atoms with Crippen molar-refractivity contribution < 1.29 is 13.9 Å². The lowest BCUT2D eigenvalue weighted by atomic mass is 10.2. The lowest BCUT2D eigenvalue weighted by Crippen LogP contribution is -2.32. The van der Waals surface area contributed by atoms with Crippen LogP contribution >= 0.6 is 11.8 Å². The highest BCUT2D eigenvalue weighted by molar-refractivity contribution is 7.97. The summed E-state index contributed by atoms with van der Waals surface area (Å²) in [5.74, 6) is 2.83. The first-order valence-electron chi connectivity index (χ1n) is 7.30. The van der Waals surface area contributed by atoms with Crippen LogP contribution in [0.4, 0.5) is 4.79 Å². The van der Waals surface area contributed by atoms with Crippen molar-refractivity contribution in [3.8, 4) is 0 Å². The minimum Gasteiger partial charge on any atom is -0.464 e. The van der Waals surface area contributed by atoms with Crippen LogP contribution in [0.1, 0.15) is 32.3 Å². The van der Waals surface area contributed by atoms with Gasteiger partial charge in [0, 0.05) is 13.1 Å². The van der Waals surface area contributed by atoms with E-state index in [1.54, 1.807) is 11.8 Å². The van der Waals surface area contributed by atoms with Gasteiger partial charge in [-0.1, -0.05) is 12.2 Å². The summed E-state index contributed by atoms with van der Waals surface area (Å²) in [6.07, 6.45) is 5.50. The molecule has 0 saturated heterocycles. The van der Waals surface area contributed by atoms with Gasteiger partial charge < -0.3 is 19.8 Å². The summed E-state index contributed by atoms with van der Waals surface area (Å²) in [5.41, 5.74) is -0.465. The van der Waals surface area contributed by atoms with Crippen LogP contribution in [0, 0.1) is 0 Å². The Morgan fingerprint density at radius 1 is 1.27 bits per heavy atom. The Hall–Kier alpha value is -1.40. The van der Waals surface area contributed by atoms with Crippen LogP contribution in [0.2, 0.25) is 0 Å². The summed E-state index contributed by atoms with van der Waals surface area (Å²) in [5, 5.41) is 5.92. The largest absolute Gasteiger partial charge is 0.464 e. The van der Waals surface area contributed by atoms with Gasteiger partial charge in [-0.15, -0.1) is 0 Å². The van der Waals surface area contributed by atoms with E-state index in [9.17, 15) is 4.79 Å². The number of furan rings is 1. The van der Waals surface area contributed by atoms with Crippen molar-refractivity contribution in [2.24, 2.45) is 0 Å². The highest BCUT2D eigenvalue weighted by Crippen LogP contribution is 2.13. The molecule has 1 heterocycles. The zero-order valence-electron chi connectivity index (χ0n) is 13.8. The molecule has 22 heavy (non-hydrogen) atoms. The second kappa shape index (κ2) is 9.58. The van der Waals surface area contributed by atoms with Crippen molar-refractivity contribution in [2.45, 2.75) is 38.7 Å². The number of nitrogens with one attached hydrogen (secondary N) is 2. The smallest absolute Gasteiger partial charge is 0.407 e. The van der Waals surface area contributed by atoms with Gasteiger partial charge in [-0.3, -0.25) is 0 Å². The molecule has 1 aromatic heterocycles. The van der Waals surface area contributed by atoms with Gasteiger partial charge in [0.25, 0.3) is 0 Å². The number of alkyl carbamates (subject to hydrolysis) is 1. The highest BCUT2D eigenvalue weighted by Gasteiger charge is 2.14. The van der Waals surface area contributed by atoms with Crippen LogP contribution in [-0.4, -0.2) is 31.0 Å². The zero-order chi connectivity index (χ0) is 16.4. The van der Waals surface area contributed by atoms with Gasteiger partial charge in [0.05, 0.1) is 12.3 Å². The van der Waals surface area contributed by atoms with Crippen molar-refractivity contribution >= 4 is 17.9 Å². The molecule has 0 aliphatic heterocycles. The van der Waals surface area contributed by atoms with E-state index in [0.717, 1.165) is 17.3 Å². The zero-order valence-corrected chi connectivity index (χ0v) is 14.6. The quantitative estimate of drug-likeness (QED) is 0.567. The fraction of sp³-hybridized carbons (Fsp3) is 0.562. The SMILES string of the molecule is CSCc1ccc(CNC/C=C/CNC(=O)OC(C)(C)C)o1. The molecule has 0 aliphatic rings. The number of ether oxygens (including phenoxy) is 1. The standard InChI is InChI=1S/C16H26N2O3S/c1-16(2,3)21-15(19)18-10-6-5-9-17-11-13-7-8-14(20-13)12-22-4/h5-8,17H,9-12H2,1-4H3,(H,18,19)/b6-5+. The summed E-state index contributed by atoms with van der Waals surface area (Å²) in [7, 11) is 0. The molecule has 0 unspecified atom stereocenters. The van der Waals surface area contributed by atoms with Gasteiger partial charge >= 0.3 is 6.09 Å². The van der Waals surface area contributed by atoms with Gasteiger partial charge in [0.15, 0.2) is 0 Å². The number of amides is 1. The maximum Gasteiger partial charge on any atom is 0.407 e. The molecule has 1 amide bonds. The fourth-order valence-corrected chi connectivity index (χ4v) is 2.08. The number of carbonyl (C=O) groups is 1. The Morgan fingerprint density at radius 3 is 2.64 bits per heavy atom. The molecule has 124 valence electrons. The van der Waals surface area contributed by atoms with Crippen molar-refractivity contribution in [3.05, 3.63) is 35.8 Å². The normalized spacial score (nSPS) is 11.8. The third-order valence-electron chi connectivity index (χ3n) is 2.50. The fourth-order valence-electron chi connectivity index (χ4n) is 1.64. The summed E-state index contributed by atoms with van der Waals surface area (Å²) >= 11 is 1.74. The minimum atomic E-state index is -0.465. The lowest BCUT2D eigenvalue weighted by molar-refractivity contribution is 0.0534. The van der Waals surface area contributed by atoms with Gasteiger partial charge in [-0.2, -0.15) is 11.8 Å². The first-order chi connectivity index (χ1) is 10.4. The molecular formula is C16H26N2O3S. The molecule has 0 aromatic carbocycles. The second-order valence-corrected chi connectivity index (χ2v) is 6.65. The van der Waals surface area contributed by atoms with Crippen LogP contribution in [0.15, 0.2) is 28.7 Å². The maximum absolute atomic E-state index is 11.4. The molecule has 2 N–H and O–H groups in total. The summed E-state index contributed by atoms with van der Waals surface area (Å²) < 4.78 is 10.8. The van der Waals surface area contributed by atoms with E-state index >= 15 is 0 Å². The predicted octanol–water partition coefficient (Wildman–Crippen LogP) is 3.31. The minimum absolute atomic E-state index is 0.401. The van der Waals surface area contributed by atoms with E-state index < -0.39 is 11.7 Å². The lowest BCUT2D eigenvalue weighted by Gasteiger charge is -2.19. The number of hydrogen-bond donors (Lipinski definition) is 2. The third kappa shape index (κ3) is 8.79. The van der Waals surface area contributed by atoms with E-state index in [4.69, 9.17) is 9.15 Å². The molecule has 1 aromatic rings. The summed E-state index contributed by atoms with van der Waals surface area (Å²) in [6.45, 7) is 7.38. The topological polar surface area (TPSA) is 63.5 Å². The number of hydrogen-bond acceptors (Lipinski definition) is 5. The number of thioether (sulfide) groups is 1. The summed E-state index contributed by atoms with van der Waals surface area (Å²) in [4.78, 5) is 11.4. The Labute approximate surface area is 136 Å². The molecule has 5 nitrogen and oxygen atoms in total. The van der Waals surface area contributed by atoms with E-state index in [-0.39, 0.29) is 0 Å². The molecule has 0 atom stereocenters. The van der Waals surface area contributed by atoms with Crippen molar-refractivity contribution in [3.63, 3.8) is 0 Å². The first kappa shape index (κ1) is 18.6. The molecule has 0 bridgehead atoms. The summed E-state index contributed by atoms with van der Waals surface area (Å²) in [6, 6.07) is 4.00. The average molecular weight is 326 g/mol. The van der Waals surface area contributed by atoms with Crippen LogP contribution in [0.5, 0.6) is 0 Å². The molecule has 6 heteroatoms. The van der Waals surface area contributed by atoms with Crippen molar-refractivity contribution in [1.82, 2.24) is 10.6 Å². The molecule has 0 aliphatic carbocycles. The van der Waals surface area contributed by atoms with Crippen LogP contribution in [-0.2, 0) is 17.0 Å². The molecule has 1 rings (SSSR count). The Bertz CT molecular complexity index is 478. The Balaban J connectivity index is 2.10. The molecule has 0 fully saturated rings. The maximum atomic E-state index is 11.4. The number of rotatable bonds is 8. The molecular weight excluding hydrogens is 300 g/mol. The van der Waals surface area contributed by atoms with E-state index in [2.05, 4.69) is 16.9 Å². The monoisotopic (exact) mass is 326 g/mol. The third-order valence-corrected chi connectivity index (χ3v) is 3.07. The van der Waals surface area contributed by atoms with Crippen molar-refractivity contribution in [2.75, 3.05) is 19.3 Å². The van der Waals surface area contributed by atoms with Crippen molar-refractivity contribution in [1.29, 1.82) is 0 Å². The van der Waals surface area contributed by atoms with E-state index in [1.807, 2.05) is 45.1 Å². The average Bonchev–Trinajstić information content (AvgIpc) is 2.84. The second-order valence-electron chi connectivity index (χ2n) is 5.79. The van der Waals surface area contributed by atoms with Crippen LogP contribution < -0.4 is 10.6 Å². The number of carbonyl (C=O) groups excluding carboxylic acids is 1. The van der Waals surface area contributed by atoms with Crippen LogP contribution in [0.3, 0.4) is 0 Å². The Morgan fingerprint density at radius 2 is 1.95 bits per heavy atom.